The fourth-order valence-electron chi connectivity index (χ4n) is 1.53. The van der Waals surface area contributed by atoms with E-state index in [4.69, 9.17) is 10.2 Å². The van der Waals surface area contributed by atoms with Gasteiger partial charge in [-0.25, -0.2) is 0 Å². The first-order valence-electron chi connectivity index (χ1n) is 4.86. The predicted molar refractivity (Wildman–Crippen MR) is 51.8 cm³/mol. The Bertz CT molecular complexity index is 304. The molecule has 1 amide bonds. The van der Waals surface area contributed by atoms with Crippen LogP contribution in [0.25, 0.3) is 0 Å². The van der Waals surface area contributed by atoms with Gasteiger partial charge in [-0.3, -0.25) is 4.79 Å². The van der Waals surface area contributed by atoms with Crippen LogP contribution in [-0.4, -0.2) is 29.9 Å². The Hall–Kier alpha value is -1.29. The van der Waals surface area contributed by atoms with Crippen molar-refractivity contribution in [1.82, 2.24) is 4.90 Å². The lowest BCUT2D eigenvalue weighted by atomic mass is 10.3. The van der Waals surface area contributed by atoms with Crippen LogP contribution >= 0.6 is 0 Å². The second-order valence-electron chi connectivity index (χ2n) is 3.53. The first-order valence-corrected chi connectivity index (χ1v) is 4.86. The standard InChI is InChI=1S/C10H14N2O2/c11-4-5-12(9-1-2-9)10(13)8-3-6-14-7-8/h3,6-7,9H,1-2,4-5,11H2. The summed E-state index contributed by atoms with van der Waals surface area (Å²) >= 11 is 0. The lowest BCUT2D eigenvalue weighted by Gasteiger charge is -2.20. The average Bonchev–Trinajstić information content (AvgIpc) is 2.88. The molecule has 76 valence electrons. The van der Waals surface area contributed by atoms with Gasteiger partial charge < -0.3 is 15.1 Å². The van der Waals surface area contributed by atoms with E-state index in [9.17, 15) is 4.79 Å². The van der Waals surface area contributed by atoms with Gasteiger partial charge in [-0.2, -0.15) is 0 Å². The highest BCUT2D eigenvalue weighted by molar-refractivity contribution is 5.94. The van der Waals surface area contributed by atoms with Gasteiger partial charge in [0, 0.05) is 19.1 Å². The van der Waals surface area contributed by atoms with Gasteiger partial charge in [0.25, 0.3) is 5.91 Å². The number of nitrogens with two attached hydrogens (primary N) is 1. The Morgan fingerprint density at radius 1 is 1.64 bits per heavy atom. The van der Waals surface area contributed by atoms with Crippen molar-refractivity contribution in [3.63, 3.8) is 0 Å². The van der Waals surface area contributed by atoms with Crippen molar-refractivity contribution >= 4 is 5.91 Å². The molecule has 2 rings (SSSR count). The highest BCUT2D eigenvalue weighted by atomic mass is 16.3. The average molecular weight is 194 g/mol. The topological polar surface area (TPSA) is 59.5 Å². The zero-order chi connectivity index (χ0) is 9.97. The molecule has 14 heavy (non-hydrogen) atoms. The molecule has 1 aromatic rings. The van der Waals surface area contributed by atoms with Crippen molar-refractivity contribution < 1.29 is 9.21 Å². The van der Waals surface area contributed by atoms with E-state index in [-0.39, 0.29) is 5.91 Å². The normalized spacial score (nSPS) is 15.5. The van der Waals surface area contributed by atoms with Crippen molar-refractivity contribution in [2.24, 2.45) is 5.73 Å². The highest BCUT2D eigenvalue weighted by Crippen LogP contribution is 2.27. The lowest BCUT2D eigenvalue weighted by Crippen LogP contribution is -2.36. The Morgan fingerprint density at radius 2 is 2.43 bits per heavy atom. The van der Waals surface area contributed by atoms with Gasteiger partial charge >= 0.3 is 0 Å². The van der Waals surface area contributed by atoms with Gasteiger partial charge in [0.2, 0.25) is 0 Å². The molecular weight excluding hydrogens is 180 g/mol. The molecule has 0 saturated heterocycles. The molecule has 1 aromatic heterocycles. The van der Waals surface area contributed by atoms with E-state index in [1.54, 1.807) is 6.07 Å². The van der Waals surface area contributed by atoms with Crippen LogP contribution < -0.4 is 5.73 Å². The number of hydrogen-bond acceptors (Lipinski definition) is 3. The van der Waals surface area contributed by atoms with Crippen LogP contribution in [0.15, 0.2) is 23.0 Å². The summed E-state index contributed by atoms with van der Waals surface area (Å²) in [5.41, 5.74) is 6.08. The van der Waals surface area contributed by atoms with E-state index in [0.717, 1.165) is 12.8 Å². The maximum atomic E-state index is 11.9. The van der Waals surface area contributed by atoms with E-state index >= 15 is 0 Å². The molecule has 0 aliphatic heterocycles. The fourth-order valence-corrected chi connectivity index (χ4v) is 1.53. The number of amides is 1. The molecule has 1 heterocycles. The van der Waals surface area contributed by atoms with Crippen LogP contribution in [0.3, 0.4) is 0 Å². The van der Waals surface area contributed by atoms with Gasteiger partial charge in [-0.15, -0.1) is 0 Å². The van der Waals surface area contributed by atoms with Gasteiger partial charge in [0.1, 0.15) is 6.26 Å². The zero-order valence-electron chi connectivity index (χ0n) is 7.98. The molecule has 1 aliphatic carbocycles. The largest absolute Gasteiger partial charge is 0.472 e. The molecule has 1 saturated carbocycles. The highest BCUT2D eigenvalue weighted by Gasteiger charge is 2.32. The van der Waals surface area contributed by atoms with E-state index < -0.39 is 0 Å². The second-order valence-corrected chi connectivity index (χ2v) is 3.53. The molecule has 0 bridgehead atoms. The van der Waals surface area contributed by atoms with Gasteiger partial charge in [-0.05, 0) is 18.9 Å². The summed E-state index contributed by atoms with van der Waals surface area (Å²) in [6.45, 7) is 1.15. The van der Waals surface area contributed by atoms with E-state index in [1.165, 1.54) is 12.5 Å². The lowest BCUT2D eigenvalue weighted by molar-refractivity contribution is 0.0747. The van der Waals surface area contributed by atoms with Crippen LogP contribution in [-0.2, 0) is 0 Å². The van der Waals surface area contributed by atoms with Crippen molar-refractivity contribution in [2.75, 3.05) is 13.1 Å². The molecule has 1 aliphatic rings. The molecule has 4 nitrogen and oxygen atoms in total. The Morgan fingerprint density at radius 3 is 2.93 bits per heavy atom. The Balaban J connectivity index is 2.07. The zero-order valence-corrected chi connectivity index (χ0v) is 7.98. The van der Waals surface area contributed by atoms with Crippen molar-refractivity contribution in [3.05, 3.63) is 24.2 Å². The fraction of sp³-hybridized carbons (Fsp3) is 0.500. The van der Waals surface area contributed by atoms with Crippen LogP contribution in [0.5, 0.6) is 0 Å². The summed E-state index contributed by atoms with van der Waals surface area (Å²) in [5.74, 6) is 0.0340. The molecule has 2 N–H and O–H groups in total. The minimum Gasteiger partial charge on any atom is -0.472 e. The molecular formula is C10H14N2O2. The summed E-state index contributed by atoms with van der Waals surface area (Å²) in [6, 6.07) is 2.09. The number of carbonyl (C=O) groups is 1. The molecule has 0 radical (unpaired) electrons. The van der Waals surface area contributed by atoms with Gasteiger partial charge in [-0.1, -0.05) is 0 Å². The minimum atomic E-state index is 0.0340. The number of rotatable bonds is 4. The molecule has 0 aromatic carbocycles. The van der Waals surface area contributed by atoms with E-state index in [1.807, 2.05) is 4.90 Å². The summed E-state index contributed by atoms with van der Waals surface area (Å²) in [4.78, 5) is 13.7. The third kappa shape index (κ3) is 1.80. The van der Waals surface area contributed by atoms with Crippen LogP contribution in [0, 0.1) is 0 Å². The van der Waals surface area contributed by atoms with Crippen molar-refractivity contribution in [3.8, 4) is 0 Å². The smallest absolute Gasteiger partial charge is 0.257 e. The van der Waals surface area contributed by atoms with Crippen molar-refractivity contribution in [1.29, 1.82) is 0 Å². The maximum Gasteiger partial charge on any atom is 0.257 e. The summed E-state index contributed by atoms with van der Waals surface area (Å²) in [5, 5.41) is 0. The number of furan rings is 1. The van der Waals surface area contributed by atoms with E-state index in [0.29, 0.717) is 24.7 Å². The third-order valence-corrected chi connectivity index (χ3v) is 2.39. The first-order chi connectivity index (χ1) is 6.83. The summed E-state index contributed by atoms with van der Waals surface area (Å²) < 4.78 is 4.89. The third-order valence-electron chi connectivity index (χ3n) is 2.39. The molecule has 4 heteroatoms. The second kappa shape index (κ2) is 3.84. The van der Waals surface area contributed by atoms with Crippen LogP contribution in [0.4, 0.5) is 0 Å². The molecule has 1 fully saturated rings. The summed E-state index contributed by atoms with van der Waals surface area (Å²) in [6.07, 6.45) is 5.20. The molecule has 0 atom stereocenters. The van der Waals surface area contributed by atoms with Gasteiger partial charge in [0.15, 0.2) is 0 Å². The predicted octanol–water partition coefficient (Wildman–Crippen LogP) is 0.843. The van der Waals surface area contributed by atoms with E-state index in [2.05, 4.69) is 0 Å². The Labute approximate surface area is 82.7 Å². The number of hydrogen-bond donors (Lipinski definition) is 1. The number of nitrogens with zero attached hydrogens (tertiary/aromatic N) is 1. The minimum absolute atomic E-state index is 0.0340. The monoisotopic (exact) mass is 194 g/mol. The van der Waals surface area contributed by atoms with Crippen LogP contribution in [0.2, 0.25) is 0 Å². The Kier molecular flexibility index (Phi) is 2.54. The maximum absolute atomic E-state index is 11.9. The molecule has 0 spiro atoms. The first kappa shape index (κ1) is 9.27. The number of carbonyl (C=O) groups excluding carboxylic acids is 1. The molecule has 0 unspecified atom stereocenters. The summed E-state index contributed by atoms with van der Waals surface area (Å²) in [7, 11) is 0. The van der Waals surface area contributed by atoms with Crippen molar-refractivity contribution in [2.45, 2.75) is 18.9 Å². The quantitative estimate of drug-likeness (QED) is 0.772. The van der Waals surface area contributed by atoms with Gasteiger partial charge in [0.05, 0.1) is 11.8 Å². The SMILES string of the molecule is NCCN(C(=O)c1ccoc1)C1CC1. The van der Waals surface area contributed by atoms with Crippen LogP contribution in [0.1, 0.15) is 23.2 Å².